The predicted octanol–water partition coefficient (Wildman–Crippen LogP) is 3.06. The number of carbonyl (C=O) groups excluding carboxylic acids is 1. The molecule has 1 aliphatic rings. The summed E-state index contributed by atoms with van der Waals surface area (Å²) in [5, 5.41) is 4.65. The number of aryl methyl sites for hydroxylation is 1. The molecule has 3 rings (SSSR count). The standard InChI is InChI=1S/C24H36N4O3/c1-17(2)15-28-19(4)21(18(3)25-28)14-24(29)27-11-9-26(10-12-27)16-20-7-8-22(30-5)23(13-20)31-6/h7-8,13,17H,9-12,14-16H2,1-6H3. The minimum Gasteiger partial charge on any atom is -0.493 e. The Labute approximate surface area is 185 Å². The van der Waals surface area contributed by atoms with Crippen molar-refractivity contribution in [1.82, 2.24) is 19.6 Å². The Bertz CT molecular complexity index is 898. The molecule has 2 aromatic rings. The highest BCUT2D eigenvalue weighted by molar-refractivity contribution is 5.79. The maximum atomic E-state index is 13.0. The molecule has 0 unspecified atom stereocenters. The molecule has 1 amide bonds. The number of aromatic nitrogens is 2. The van der Waals surface area contributed by atoms with Crippen LogP contribution in [0.3, 0.4) is 0 Å². The number of piperazine rings is 1. The Balaban J connectivity index is 1.55. The summed E-state index contributed by atoms with van der Waals surface area (Å²) in [4.78, 5) is 17.3. The molecule has 0 spiro atoms. The van der Waals surface area contributed by atoms with E-state index in [-0.39, 0.29) is 5.91 Å². The molecule has 7 nitrogen and oxygen atoms in total. The van der Waals surface area contributed by atoms with Gasteiger partial charge in [0.2, 0.25) is 5.91 Å². The number of benzene rings is 1. The Morgan fingerprint density at radius 3 is 2.35 bits per heavy atom. The zero-order valence-electron chi connectivity index (χ0n) is 19.8. The Kier molecular flexibility index (Phi) is 7.59. The van der Waals surface area contributed by atoms with Gasteiger partial charge in [0.25, 0.3) is 0 Å². The summed E-state index contributed by atoms with van der Waals surface area (Å²) in [5.41, 5.74) is 4.35. The number of ether oxygens (including phenoxy) is 2. The average molecular weight is 429 g/mol. The third-order valence-corrected chi connectivity index (χ3v) is 5.98. The van der Waals surface area contributed by atoms with Crippen molar-refractivity contribution in [3.8, 4) is 11.5 Å². The fourth-order valence-corrected chi connectivity index (χ4v) is 4.17. The quantitative estimate of drug-likeness (QED) is 0.647. The lowest BCUT2D eigenvalue weighted by Crippen LogP contribution is -2.48. The summed E-state index contributed by atoms with van der Waals surface area (Å²) in [6, 6.07) is 6.04. The molecule has 1 aromatic carbocycles. The summed E-state index contributed by atoms with van der Waals surface area (Å²) < 4.78 is 12.8. The monoisotopic (exact) mass is 428 g/mol. The number of rotatable bonds is 8. The van der Waals surface area contributed by atoms with E-state index in [0.29, 0.717) is 12.3 Å². The van der Waals surface area contributed by atoms with Crippen LogP contribution in [0.25, 0.3) is 0 Å². The van der Waals surface area contributed by atoms with Crippen molar-refractivity contribution in [2.45, 2.75) is 47.2 Å². The van der Waals surface area contributed by atoms with Gasteiger partial charge in [-0.2, -0.15) is 5.10 Å². The largest absolute Gasteiger partial charge is 0.493 e. The van der Waals surface area contributed by atoms with Crippen LogP contribution in [-0.2, 0) is 24.3 Å². The Morgan fingerprint density at radius 1 is 1.06 bits per heavy atom. The zero-order valence-corrected chi connectivity index (χ0v) is 19.8. The van der Waals surface area contributed by atoms with E-state index < -0.39 is 0 Å². The topological polar surface area (TPSA) is 59.8 Å². The lowest BCUT2D eigenvalue weighted by molar-refractivity contribution is -0.132. The van der Waals surface area contributed by atoms with E-state index >= 15 is 0 Å². The molecule has 0 atom stereocenters. The van der Waals surface area contributed by atoms with Crippen LogP contribution in [0.4, 0.5) is 0 Å². The minimum absolute atomic E-state index is 0.195. The Morgan fingerprint density at radius 2 is 1.74 bits per heavy atom. The molecular weight excluding hydrogens is 392 g/mol. The van der Waals surface area contributed by atoms with Gasteiger partial charge in [-0.15, -0.1) is 0 Å². The first-order valence-corrected chi connectivity index (χ1v) is 11.1. The third-order valence-electron chi connectivity index (χ3n) is 5.98. The van der Waals surface area contributed by atoms with E-state index in [1.807, 2.05) is 28.6 Å². The first kappa shape index (κ1) is 23.1. The summed E-state index contributed by atoms with van der Waals surface area (Å²) in [5.74, 6) is 2.21. The number of nitrogens with zero attached hydrogens (tertiary/aromatic N) is 4. The number of hydrogen-bond acceptors (Lipinski definition) is 5. The van der Waals surface area contributed by atoms with Crippen LogP contribution >= 0.6 is 0 Å². The van der Waals surface area contributed by atoms with Gasteiger partial charge >= 0.3 is 0 Å². The van der Waals surface area contributed by atoms with Gasteiger partial charge in [-0.3, -0.25) is 14.4 Å². The van der Waals surface area contributed by atoms with Crippen molar-refractivity contribution in [2.24, 2.45) is 5.92 Å². The second-order valence-electron chi connectivity index (χ2n) is 8.75. The molecule has 7 heteroatoms. The molecular formula is C24H36N4O3. The number of hydrogen-bond donors (Lipinski definition) is 0. The summed E-state index contributed by atoms with van der Waals surface area (Å²) in [6.45, 7) is 13.4. The highest BCUT2D eigenvalue weighted by Crippen LogP contribution is 2.28. The summed E-state index contributed by atoms with van der Waals surface area (Å²) in [6.07, 6.45) is 0.436. The van der Waals surface area contributed by atoms with Crippen LogP contribution in [-0.4, -0.2) is 65.9 Å². The third kappa shape index (κ3) is 5.58. The van der Waals surface area contributed by atoms with Crippen LogP contribution in [0.5, 0.6) is 11.5 Å². The maximum absolute atomic E-state index is 13.0. The zero-order chi connectivity index (χ0) is 22.5. The molecule has 1 aliphatic heterocycles. The van der Waals surface area contributed by atoms with Crippen LogP contribution < -0.4 is 9.47 Å². The van der Waals surface area contributed by atoms with Gasteiger partial charge in [0.1, 0.15) is 0 Å². The number of amides is 1. The molecule has 1 fully saturated rings. The van der Waals surface area contributed by atoms with Crippen LogP contribution in [0.2, 0.25) is 0 Å². The molecule has 0 radical (unpaired) electrons. The van der Waals surface area contributed by atoms with Crippen LogP contribution in [0, 0.1) is 19.8 Å². The number of carbonyl (C=O) groups is 1. The molecule has 170 valence electrons. The molecule has 0 bridgehead atoms. The van der Waals surface area contributed by atoms with E-state index in [1.54, 1.807) is 14.2 Å². The van der Waals surface area contributed by atoms with Gasteiger partial charge in [0.15, 0.2) is 11.5 Å². The van der Waals surface area contributed by atoms with Crippen molar-refractivity contribution >= 4 is 5.91 Å². The van der Waals surface area contributed by atoms with Crippen molar-refractivity contribution in [2.75, 3.05) is 40.4 Å². The van der Waals surface area contributed by atoms with E-state index in [2.05, 4.69) is 36.8 Å². The van der Waals surface area contributed by atoms with Gasteiger partial charge in [-0.1, -0.05) is 19.9 Å². The highest BCUT2D eigenvalue weighted by Gasteiger charge is 2.24. The predicted molar refractivity (Wildman–Crippen MR) is 122 cm³/mol. The van der Waals surface area contributed by atoms with Gasteiger partial charge in [-0.05, 0) is 37.5 Å². The van der Waals surface area contributed by atoms with E-state index in [0.717, 1.165) is 67.7 Å². The number of methoxy groups -OCH3 is 2. The fourth-order valence-electron chi connectivity index (χ4n) is 4.17. The first-order valence-electron chi connectivity index (χ1n) is 11.1. The van der Waals surface area contributed by atoms with Crippen molar-refractivity contribution in [1.29, 1.82) is 0 Å². The Hall–Kier alpha value is -2.54. The normalized spacial score (nSPS) is 14.9. The molecule has 0 aliphatic carbocycles. The highest BCUT2D eigenvalue weighted by atomic mass is 16.5. The summed E-state index contributed by atoms with van der Waals surface area (Å²) in [7, 11) is 3.30. The van der Waals surface area contributed by atoms with Crippen LogP contribution in [0.15, 0.2) is 18.2 Å². The first-order chi connectivity index (χ1) is 14.8. The van der Waals surface area contributed by atoms with Crippen molar-refractivity contribution < 1.29 is 14.3 Å². The smallest absolute Gasteiger partial charge is 0.227 e. The molecule has 0 saturated carbocycles. The minimum atomic E-state index is 0.195. The maximum Gasteiger partial charge on any atom is 0.227 e. The molecule has 31 heavy (non-hydrogen) atoms. The van der Waals surface area contributed by atoms with Gasteiger partial charge in [-0.25, -0.2) is 0 Å². The molecule has 2 heterocycles. The van der Waals surface area contributed by atoms with E-state index in [4.69, 9.17) is 9.47 Å². The molecule has 0 N–H and O–H groups in total. The molecule has 1 saturated heterocycles. The average Bonchev–Trinajstić information content (AvgIpc) is 3.00. The summed E-state index contributed by atoms with van der Waals surface area (Å²) >= 11 is 0. The van der Waals surface area contributed by atoms with Gasteiger partial charge in [0, 0.05) is 50.5 Å². The van der Waals surface area contributed by atoms with Crippen molar-refractivity contribution in [3.63, 3.8) is 0 Å². The second kappa shape index (κ2) is 10.2. The van der Waals surface area contributed by atoms with Gasteiger partial charge < -0.3 is 14.4 Å². The van der Waals surface area contributed by atoms with Gasteiger partial charge in [0.05, 0.1) is 26.3 Å². The van der Waals surface area contributed by atoms with E-state index in [9.17, 15) is 4.79 Å². The molecule has 1 aromatic heterocycles. The lowest BCUT2D eigenvalue weighted by atomic mass is 10.1. The second-order valence-corrected chi connectivity index (χ2v) is 8.75. The van der Waals surface area contributed by atoms with Crippen LogP contribution in [0.1, 0.15) is 36.4 Å². The lowest BCUT2D eigenvalue weighted by Gasteiger charge is -2.35. The van der Waals surface area contributed by atoms with Crippen molar-refractivity contribution in [3.05, 3.63) is 40.7 Å². The fraction of sp³-hybridized carbons (Fsp3) is 0.583. The van der Waals surface area contributed by atoms with E-state index in [1.165, 1.54) is 5.56 Å². The SMILES string of the molecule is COc1ccc(CN2CCN(C(=O)Cc3c(C)nn(CC(C)C)c3C)CC2)cc1OC.